The van der Waals surface area contributed by atoms with Gasteiger partial charge in [0.05, 0.1) is 0 Å². The number of hydrogen-bond acceptors (Lipinski definition) is 4. The molecule has 2 rings (SSSR count). The van der Waals surface area contributed by atoms with Gasteiger partial charge < -0.3 is 0 Å². The molecule has 0 unspecified atom stereocenters. The predicted molar refractivity (Wildman–Crippen MR) is 108 cm³/mol. The zero-order valence-electron chi connectivity index (χ0n) is 15.5. The van der Waals surface area contributed by atoms with Crippen molar-refractivity contribution in [3.8, 4) is 0 Å². The van der Waals surface area contributed by atoms with Crippen LogP contribution < -0.4 is 0 Å². The van der Waals surface area contributed by atoms with Gasteiger partial charge in [-0.3, -0.25) is 0 Å². The summed E-state index contributed by atoms with van der Waals surface area (Å²) in [4.78, 5) is 0.705. The van der Waals surface area contributed by atoms with Crippen LogP contribution in [-0.2, 0) is 44.3 Å². The average molecular weight is 642 g/mol. The molecule has 0 heterocycles. The van der Waals surface area contributed by atoms with Gasteiger partial charge in [-0.25, -0.2) is 0 Å². The molecule has 0 aliphatic rings. The second-order valence-electron chi connectivity index (χ2n) is 6.60. The van der Waals surface area contributed by atoms with Gasteiger partial charge >= 0.3 is 183 Å². The van der Waals surface area contributed by atoms with Crippen molar-refractivity contribution in [1.29, 1.82) is 0 Å². The van der Waals surface area contributed by atoms with Gasteiger partial charge in [0, 0.05) is 0 Å². The number of aryl methyl sites for hydroxylation is 1. The summed E-state index contributed by atoms with van der Waals surface area (Å²) in [5.41, 5.74) is 2.15. The molecule has 0 aliphatic heterocycles. The Morgan fingerprint density at radius 3 is 2.37 bits per heavy atom. The second-order valence-corrected chi connectivity index (χ2v) is 18.8. The van der Waals surface area contributed by atoms with Crippen LogP contribution in [0.15, 0.2) is 59.5 Å². The Balaban J connectivity index is 1.89. The monoisotopic (exact) mass is 642 g/mol. The molecule has 0 saturated carbocycles. The number of hydrogen-bond donors (Lipinski definition) is 2. The van der Waals surface area contributed by atoms with Crippen molar-refractivity contribution in [1.82, 2.24) is 0 Å². The Bertz CT molecular complexity index is 699. The van der Waals surface area contributed by atoms with E-state index in [1.54, 1.807) is 0 Å². The summed E-state index contributed by atoms with van der Waals surface area (Å²) in [6.07, 6.45) is -1.59. The molecule has 4 nitrogen and oxygen atoms in total. The van der Waals surface area contributed by atoms with Gasteiger partial charge in [-0.05, 0) is 0 Å². The number of aliphatic hydroxyl groups excluding tert-OH is 2. The van der Waals surface area contributed by atoms with E-state index in [-0.39, 0.29) is 18.3 Å². The van der Waals surface area contributed by atoms with E-state index < -0.39 is 45.2 Å². The van der Waals surface area contributed by atoms with E-state index in [4.69, 9.17) is 4.74 Å². The maximum atomic E-state index is 12.5. The first-order valence-corrected chi connectivity index (χ1v) is 26.1. The number of benzene rings is 2. The average Bonchev–Trinajstić information content (AvgIpc) is 2.67. The minimum absolute atomic E-state index is 0.129. The Morgan fingerprint density at radius 2 is 1.74 bits per heavy atom. The van der Waals surface area contributed by atoms with Crippen molar-refractivity contribution in [2.24, 2.45) is 5.92 Å². The molecule has 0 saturated heterocycles. The third-order valence-corrected chi connectivity index (χ3v) is 13.3. The number of ether oxygens (including phenoxy) is 1. The Hall–Kier alpha value is -0.115. The SMILES string of the molecule is Cc1ccc([S@](=O)C[C@@H](O)[C@H]([CH2][Hg][Br])[C@H](O)COCc2ccccc2)cc1. The van der Waals surface area contributed by atoms with E-state index in [1.165, 1.54) is 0 Å². The van der Waals surface area contributed by atoms with Gasteiger partial charge in [-0.1, -0.05) is 0 Å². The summed E-state index contributed by atoms with van der Waals surface area (Å²) in [7, 11) is -1.29. The molecule has 4 atom stereocenters. The molecule has 0 aromatic heterocycles. The summed E-state index contributed by atoms with van der Waals surface area (Å²) in [5, 5.41) is 21.2. The molecule has 2 N–H and O–H groups in total. The molecule has 0 radical (unpaired) electrons. The summed E-state index contributed by atoms with van der Waals surface area (Å²) < 4.78 is 19.0. The predicted octanol–water partition coefficient (Wildman–Crippen LogP) is 3.47. The van der Waals surface area contributed by atoms with Crippen molar-refractivity contribution in [3.05, 3.63) is 65.7 Å². The molecule has 0 spiro atoms. The van der Waals surface area contributed by atoms with E-state index in [9.17, 15) is 14.4 Å². The van der Waals surface area contributed by atoms with E-state index in [0.29, 0.717) is 11.5 Å². The third-order valence-electron chi connectivity index (χ3n) is 4.44. The van der Waals surface area contributed by atoms with Crippen LogP contribution in [0, 0.1) is 12.8 Å². The quantitative estimate of drug-likeness (QED) is 0.369. The Morgan fingerprint density at radius 1 is 1.07 bits per heavy atom. The van der Waals surface area contributed by atoms with Crippen LogP contribution in [0.1, 0.15) is 11.1 Å². The van der Waals surface area contributed by atoms with E-state index in [2.05, 4.69) is 11.9 Å². The fourth-order valence-electron chi connectivity index (χ4n) is 2.83. The fraction of sp³-hybridized carbons (Fsp3) is 0.400. The van der Waals surface area contributed by atoms with Crippen LogP contribution in [0.25, 0.3) is 0 Å². The van der Waals surface area contributed by atoms with Crippen molar-refractivity contribution in [2.45, 2.75) is 34.6 Å². The van der Waals surface area contributed by atoms with Crippen LogP contribution in [0.5, 0.6) is 0 Å². The van der Waals surface area contributed by atoms with E-state index >= 15 is 0 Å². The molecule has 0 aliphatic carbocycles. The van der Waals surface area contributed by atoms with Crippen molar-refractivity contribution in [3.63, 3.8) is 0 Å². The summed E-state index contributed by atoms with van der Waals surface area (Å²) in [6, 6.07) is 17.3. The van der Waals surface area contributed by atoms with E-state index in [1.807, 2.05) is 61.5 Å². The number of rotatable bonds is 11. The van der Waals surface area contributed by atoms with Gasteiger partial charge in [0.25, 0.3) is 0 Å². The fourth-order valence-corrected chi connectivity index (χ4v) is 12.6. The van der Waals surface area contributed by atoms with Crippen molar-refractivity contribution >= 4 is 22.7 Å². The van der Waals surface area contributed by atoms with Crippen LogP contribution in [0.3, 0.4) is 0 Å². The molecular weight excluding hydrogens is 617 g/mol. The molecule has 7 heteroatoms. The number of aliphatic hydroxyl groups is 2. The van der Waals surface area contributed by atoms with Crippen molar-refractivity contribution in [2.75, 3.05) is 12.4 Å². The van der Waals surface area contributed by atoms with Gasteiger partial charge in [-0.2, -0.15) is 0 Å². The van der Waals surface area contributed by atoms with Crippen LogP contribution in [0.4, 0.5) is 0 Å². The first-order chi connectivity index (χ1) is 13.0. The van der Waals surface area contributed by atoms with Crippen molar-refractivity contribution < 1.29 is 41.3 Å². The molecule has 2 aromatic carbocycles. The normalized spacial score (nSPS) is 15.6. The minimum atomic E-state index is -1.29. The first kappa shape index (κ1) is 23.2. The van der Waals surface area contributed by atoms with Crippen LogP contribution >= 0.6 is 11.9 Å². The van der Waals surface area contributed by atoms with Crippen LogP contribution in [0.2, 0.25) is 3.93 Å². The second kappa shape index (κ2) is 12.4. The van der Waals surface area contributed by atoms with Gasteiger partial charge in [-0.15, -0.1) is 0 Å². The Labute approximate surface area is 181 Å². The molecule has 27 heavy (non-hydrogen) atoms. The van der Waals surface area contributed by atoms with E-state index in [0.717, 1.165) is 15.1 Å². The standard InChI is InChI=1S/C20H25O4S.BrH.Hg/c1-15-8-10-18(11-9-15)25(23)14-20(22)16(2)19(21)13-24-12-17-6-4-3-5-7-17;;/h3-11,16,19-22H,2,12-14H2,1H3;1H;/q;;+1/p-1/t16-,19-,20-,25-;;/m1../s1. The number of halogens is 1. The summed E-state index contributed by atoms with van der Waals surface area (Å²) in [6.45, 7) is 2.57. The molecule has 144 valence electrons. The topological polar surface area (TPSA) is 66.8 Å². The Kier molecular flexibility index (Phi) is 10.7. The molecule has 0 amide bonds. The zero-order chi connectivity index (χ0) is 19.6. The molecule has 0 bridgehead atoms. The maximum absolute atomic E-state index is 12.5. The summed E-state index contributed by atoms with van der Waals surface area (Å²) in [5.74, 6) is -0.180. The van der Waals surface area contributed by atoms with Gasteiger partial charge in [0.1, 0.15) is 0 Å². The third kappa shape index (κ3) is 8.03. The first-order valence-electron chi connectivity index (χ1n) is 9.00. The molecular formula is C20H25BrHgO4S. The molecule has 0 fully saturated rings. The van der Waals surface area contributed by atoms with Gasteiger partial charge in [0.15, 0.2) is 0 Å². The van der Waals surface area contributed by atoms with Gasteiger partial charge in [0.2, 0.25) is 0 Å². The molecule has 2 aromatic rings. The van der Waals surface area contributed by atoms with Crippen LogP contribution in [-0.4, -0.2) is 39.0 Å². The summed E-state index contributed by atoms with van der Waals surface area (Å²) >= 11 is 2.32. The zero-order valence-corrected chi connectivity index (χ0v) is 23.4.